The van der Waals surface area contributed by atoms with Gasteiger partial charge in [-0.05, 0) is 72.9 Å². The standard InChI is InChI=1S/C29H35N3O3/c33-29(26-4-1-5-28(21-26)35-18-15-31-13-16-34-17-14-31)32-11-2-3-23(9-12-32)19-24-6-7-25-8-10-30-22-27(25)20-24/h1,4-8,10,20-23H,2-3,9,11-19H2. The summed E-state index contributed by atoms with van der Waals surface area (Å²) in [6.45, 7) is 6.61. The molecule has 6 heteroatoms. The van der Waals surface area contributed by atoms with Gasteiger partial charge in [-0.2, -0.15) is 0 Å². The Hall–Kier alpha value is -2.96. The number of morpholine rings is 1. The van der Waals surface area contributed by atoms with Crippen LogP contribution in [0.15, 0.2) is 60.9 Å². The van der Waals surface area contributed by atoms with E-state index >= 15 is 0 Å². The number of likely N-dealkylation sites (tertiary alicyclic amines) is 1. The van der Waals surface area contributed by atoms with Crippen LogP contribution in [-0.2, 0) is 11.2 Å². The maximum Gasteiger partial charge on any atom is 0.253 e. The Kier molecular flexibility index (Phi) is 7.91. The highest BCUT2D eigenvalue weighted by Crippen LogP contribution is 2.25. The third-order valence-corrected chi connectivity index (χ3v) is 7.23. The topological polar surface area (TPSA) is 54.9 Å². The minimum atomic E-state index is 0.112. The largest absolute Gasteiger partial charge is 0.492 e. The van der Waals surface area contributed by atoms with E-state index in [0.29, 0.717) is 18.1 Å². The molecule has 1 aromatic heterocycles. The van der Waals surface area contributed by atoms with Crippen LogP contribution in [0, 0.1) is 5.92 Å². The molecule has 0 N–H and O–H groups in total. The summed E-state index contributed by atoms with van der Waals surface area (Å²) in [5, 5.41) is 2.43. The third kappa shape index (κ3) is 6.38. The van der Waals surface area contributed by atoms with Crippen LogP contribution in [-0.4, -0.2) is 73.2 Å². The summed E-state index contributed by atoms with van der Waals surface area (Å²) in [5.74, 6) is 1.47. The van der Waals surface area contributed by atoms with Crippen molar-refractivity contribution in [2.24, 2.45) is 5.92 Å². The first-order chi connectivity index (χ1) is 17.2. The van der Waals surface area contributed by atoms with Gasteiger partial charge < -0.3 is 14.4 Å². The zero-order valence-corrected chi connectivity index (χ0v) is 20.4. The first-order valence-corrected chi connectivity index (χ1v) is 12.9. The quantitative estimate of drug-likeness (QED) is 0.508. The Morgan fingerprint density at radius 1 is 1.00 bits per heavy atom. The Balaban J connectivity index is 1.14. The molecule has 3 aromatic rings. The molecule has 184 valence electrons. The highest BCUT2D eigenvalue weighted by atomic mass is 16.5. The number of nitrogens with zero attached hydrogens (tertiary/aromatic N) is 3. The van der Waals surface area contributed by atoms with Gasteiger partial charge in [0.1, 0.15) is 12.4 Å². The van der Waals surface area contributed by atoms with Crippen LogP contribution in [0.1, 0.15) is 35.2 Å². The van der Waals surface area contributed by atoms with Gasteiger partial charge >= 0.3 is 0 Å². The fraction of sp³-hybridized carbons (Fsp3) is 0.448. The molecule has 1 amide bonds. The number of pyridine rings is 1. The van der Waals surface area contributed by atoms with Crippen LogP contribution in [0.4, 0.5) is 0 Å². The molecule has 2 aliphatic rings. The van der Waals surface area contributed by atoms with Crippen molar-refractivity contribution in [2.75, 3.05) is 52.5 Å². The van der Waals surface area contributed by atoms with Gasteiger partial charge in [0.2, 0.25) is 0 Å². The van der Waals surface area contributed by atoms with E-state index in [2.05, 4.69) is 34.1 Å². The highest BCUT2D eigenvalue weighted by molar-refractivity contribution is 5.94. The molecule has 1 atom stereocenters. The molecule has 0 spiro atoms. The van der Waals surface area contributed by atoms with E-state index < -0.39 is 0 Å². The summed E-state index contributed by atoms with van der Waals surface area (Å²) in [4.78, 5) is 21.9. The van der Waals surface area contributed by atoms with Gasteiger partial charge in [0.15, 0.2) is 0 Å². The fourth-order valence-corrected chi connectivity index (χ4v) is 5.19. The van der Waals surface area contributed by atoms with E-state index in [4.69, 9.17) is 9.47 Å². The first kappa shape index (κ1) is 23.8. The summed E-state index contributed by atoms with van der Waals surface area (Å²) in [6, 6.07) is 16.4. The summed E-state index contributed by atoms with van der Waals surface area (Å²) in [7, 11) is 0. The number of fused-ring (bicyclic) bond motifs is 1. The number of aromatic nitrogens is 1. The Morgan fingerprint density at radius 2 is 1.91 bits per heavy atom. The van der Waals surface area contributed by atoms with Crippen LogP contribution in [0.25, 0.3) is 10.8 Å². The van der Waals surface area contributed by atoms with E-state index in [-0.39, 0.29) is 5.91 Å². The van der Waals surface area contributed by atoms with Crippen LogP contribution >= 0.6 is 0 Å². The molecular weight excluding hydrogens is 438 g/mol. The van der Waals surface area contributed by atoms with Gasteiger partial charge in [0, 0.05) is 56.1 Å². The van der Waals surface area contributed by atoms with Crippen molar-refractivity contribution in [3.63, 3.8) is 0 Å². The zero-order valence-electron chi connectivity index (χ0n) is 20.4. The number of hydrogen-bond acceptors (Lipinski definition) is 5. The van der Waals surface area contributed by atoms with Crippen molar-refractivity contribution < 1.29 is 14.3 Å². The minimum absolute atomic E-state index is 0.112. The normalized spacial score (nSPS) is 19.4. The maximum absolute atomic E-state index is 13.3. The van der Waals surface area contributed by atoms with Crippen molar-refractivity contribution in [3.8, 4) is 5.75 Å². The molecule has 0 bridgehead atoms. The first-order valence-electron chi connectivity index (χ1n) is 12.9. The fourth-order valence-electron chi connectivity index (χ4n) is 5.19. The van der Waals surface area contributed by atoms with Gasteiger partial charge in [-0.1, -0.05) is 18.2 Å². The van der Waals surface area contributed by atoms with E-state index in [1.807, 2.05) is 41.6 Å². The van der Waals surface area contributed by atoms with E-state index in [9.17, 15) is 4.79 Å². The molecule has 3 heterocycles. The van der Waals surface area contributed by atoms with E-state index in [1.54, 1.807) is 0 Å². The Labute approximate surface area is 207 Å². The monoisotopic (exact) mass is 473 g/mol. The molecular formula is C29H35N3O3. The lowest BCUT2D eigenvalue weighted by molar-refractivity contribution is 0.0322. The van der Waals surface area contributed by atoms with Gasteiger partial charge in [-0.25, -0.2) is 0 Å². The average molecular weight is 474 g/mol. The molecule has 0 radical (unpaired) electrons. The molecule has 6 nitrogen and oxygen atoms in total. The number of rotatable bonds is 7. The van der Waals surface area contributed by atoms with Crippen molar-refractivity contribution in [1.82, 2.24) is 14.8 Å². The van der Waals surface area contributed by atoms with Gasteiger partial charge in [-0.3, -0.25) is 14.7 Å². The lowest BCUT2D eigenvalue weighted by atomic mass is 9.92. The second-order valence-electron chi connectivity index (χ2n) is 9.68. The van der Waals surface area contributed by atoms with Crippen molar-refractivity contribution in [1.29, 1.82) is 0 Å². The number of benzene rings is 2. The van der Waals surface area contributed by atoms with Crippen LogP contribution < -0.4 is 4.74 Å². The summed E-state index contributed by atoms with van der Waals surface area (Å²) in [6.07, 6.45) is 8.06. The van der Waals surface area contributed by atoms with Crippen molar-refractivity contribution >= 4 is 16.7 Å². The average Bonchev–Trinajstić information content (AvgIpc) is 3.14. The van der Waals surface area contributed by atoms with Crippen LogP contribution in [0.2, 0.25) is 0 Å². The van der Waals surface area contributed by atoms with Gasteiger partial charge in [-0.15, -0.1) is 0 Å². The molecule has 5 rings (SSSR count). The number of amides is 1. The maximum atomic E-state index is 13.3. The van der Waals surface area contributed by atoms with Gasteiger partial charge in [0.05, 0.1) is 13.2 Å². The minimum Gasteiger partial charge on any atom is -0.492 e. The summed E-state index contributed by atoms with van der Waals surface area (Å²) in [5.41, 5.74) is 2.08. The number of carbonyl (C=O) groups is 1. The summed E-state index contributed by atoms with van der Waals surface area (Å²) >= 11 is 0. The second-order valence-corrected chi connectivity index (χ2v) is 9.68. The third-order valence-electron chi connectivity index (χ3n) is 7.23. The van der Waals surface area contributed by atoms with Crippen LogP contribution in [0.3, 0.4) is 0 Å². The predicted octanol–water partition coefficient (Wildman–Crippen LogP) is 4.43. The molecule has 2 aliphatic heterocycles. The molecule has 2 saturated heterocycles. The van der Waals surface area contributed by atoms with Crippen LogP contribution in [0.5, 0.6) is 5.75 Å². The highest BCUT2D eigenvalue weighted by Gasteiger charge is 2.22. The summed E-state index contributed by atoms with van der Waals surface area (Å²) < 4.78 is 11.4. The van der Waals surface area contributed by atoms with Crippen molar-refractivity contribution in [3.05, 3.63) is 72.1 Å². The lowest BCUT2D eigenvalue weighted by Gasteiger charge is -2.26. The number of hydrogen-bond donors (Lipinski definition) is 0. The molecule has 1 unspecified atom stereocenters. The Bertz CT molecular complexity index is 1130. The second kappa shape index (κ2) is 11.6. The molecule has 0 saturated carbocycles. The smallest absolute Gasteiger partial charge is 0.253 e. The van der Waals surface area contributed by atoms with E-state index in [1.165, 1.54) is 16.3 Å². The van der Waals surface area contributed by atoms with E-state index in [0.717, 1.165) is 77.4 Å². The Morgan fingerprint density at radius 3 is 2.83 bits per heavy atom. The predicted molar refractivity (Wildman–Crippen MR) is 138 cm³/mol. The number of carbonyl (C=O) groups excluding carboxylic acids is 1. The van der Waals surface area contributed by atoms with Gasteiger partial charge in [0.25, 0.3) is 5.91 Å². The lowest BCUT2D eigenvalue weighted by Crippen LogP contribution is -2.38. The van der Waals surface area contributed by atoms with Crippen molar-refractivity contribution in [2.45, 2.75) is 25.7 Å². The molecule has 2 fully saturated rings. The zero-order chi connectivity index (χ0) is 23.9. The molecule has 2 aromatic carbocycles. The molecule has 35 heavy (non-hydrogen) atoms. The SMILES string of the molecule is O=C(c1cccc(OCCN2CCOCC2)c1)N1CCCC(Cc2ccc3ccncc3c2)CC1. The number of ether oxygens (including phenoxy) is 2. The molecule has 0 aliphatic carbocycles.